The number of carbonyl (C=O) groups is 1. The molecule has 0 aromatic carbocycles. The van der Waals surface area contributed by atoms with Gasteiger partial charge in [-0.2, -0.15) is 0 Å². The van der Waals surface area contributed by atoms with Gasteiger partial charge in [0.2, 0.25) is 5.91 Å². The van der Waals surface area contributed by atoms with Crippen LogP contribution < -0.4 is 11.1 Å². The maximum atomic E-state index is 12.1. The molecule has 0 atom stereocenters. The van der Waals surface area contributed by atoms with Crippen molar-refractivity contribution in [3.63, 3.8) is 0 Å². The number of carbonyl (C=O) groups excluding carboxylic acids is 1. The van der Waals surface area contributed by atoms with E-state index < -0.39 is 0 Å². The predicted molar refractivity (Wildman–Crippen MR) is 72.2 cm³/mol. The number of hydrogen-bond acceptors (Lipinski definition) is 3. The molecule has 0 aliphatic heterocycles. The number of rotatable bonds is 3. The third kappa shape index (κ3) is 3.07. The van der Waals surface area contributed by atoms with Crippen LogP contribution in [0, 0.1) is 18.8 Å². The van der Waals surface area contributed by atoms with Crippen molar-refractivity contribution < 1.29 is 4.79 Å². The van der Waals surface area contributed by atoms with Crippen LogP contribution in [0.3, 0.4) is 0 Å². The molecule has 1 aliphatic carbocycles. The van der Waals surface area contributed by atoms with Crippen molar-refractivity contribution in [3.05, 3.63) is 17.0 Å². The van der Waals surface area contributed by atoms with E-state index in [4.69, 9.17) is 5.73 Å². The number of thiophene rings is 1. The van der Waals surface area contributed by atoms with Crippen LogP contribution >= 0.6 is 11.3 Å². The van der Waals surface area contributed by atoms with Gasteiger partial charge in [0.05, 0.1) is 5.00 Å². The molecule has 1 aromatic heterocycles. The summed E-state index contributed by atoms with van der Waals surface area (Å²) in [6.07, 6.45) is 4.16. The minimum Gasteiger partial charge on any atom is -0.330 e. The lowest BCUT2D eigenvalue weighted by atomic mass is 9.81. The quantitative estimate of drug-likeness (QED) is 0.869. The smallest absolute Gasteiger partial charge is 0.228 e. The summed E-state index contributed by atoms with van der Waals surface area (Å²) in [5.41, 5.74) is 6.81. The van der Waals surface area contributed by atoms with Crippen molar-refractivity contribution in [2.45, 2.75) is 32.6 Å². The first-order valence-electron chi connectivity index (χ1n) is 6.25. The number of nitrogens with one attached hydrogen (secondary N) is 1. The zero-order valence-electron chi connectivity index (χ0n) is 10.2. The topological polar surface area (TPSA) is 55.1 Å². The monoisotopic (exact) mass is 252 g/mol. The lowest BCUT2D eigenvalue weighted by Crippen LogP contribution is -2.29. The van der Waals surface area contributed by atoms with E-state index in [0.29, 0.717) is 5.92 Å². The fraction of sp³-hybridized carbons (Fsp3) is 0.615. The summed E-state index contributed by atoms with van der Waals surface area (Å²) in [5.74, 6) is 0.993. The second-order valence-corrected chi connectivity index (χ2v) is 5.79. The summed E-state index contributed by atoms with van der Waals surface area (Å²) in [6.45, 7) is 2.79. The van der Waals surface area contributed by atoms with Crippen molar-refractivity contribution >= 4 is 22.2 Å². The Labute approximate surface area is 106 Å². The first-order chi connectivity index (χ1) is 8.20. The van der Waals surface area contributed by atoms with Crippen LogP contribution in [0.5, 0.6) is 0 Å². The number of anilines is 1. The Balaban J connectivity index is 1.87. The number of amides is 1. The van der Waals surface area contributed by atoms with Gasteiger partial charge in [-0.15, -0.1) is 11.3 Å². The Morgan fingerprint density at radius 1 is 1.47 bits per heavy atom. The molecule has 1 amide bonds. The first-order valence-corrected chi connectivity index (χ1v) is 7.13. The normalized spacial score (nSPS) is 24.6. The SMILES string of the molecule is Cc1ccsc1NC(=O)C1CCC(CN)CC1. The highest BCUT2D eigenvalue weighted by molar-refractivity contribution is 7.14. The van der Waals surface area contributed by atoms with Gasteiger partial charge in [-0.3, -0.25) is 4.79 Å². The van der Waals surface area contributed by atoms with Crippen LogP contribution in [0.4, 0.5) is 5.00 Å². The third-order valence-electron chi connectivity index (χ3n) is 3.65. The third-order valence-corrected chi connectivity index (χ3v) is 4.58. The van der Waals surface area contributed by atoms with Crippen LogP contribution in [0.25, 0.3) is 0 Å². The highest BCUT2D eigenvalue weighted by Crippen LogP contribution is 2.30. The summed E-state index contributed by atoms with van der Waals surface area (Å²) in [5, 5.41) is 6.05. The van der Waals surface area contributed by atoms with Gasteiger partial charge >= 0.3 is 0 Å². The number of nitrogens with two attached hydrogens (primary N) is 1. The molecule has 0 bridgehead atoms. The second kappa shape index (κ2) is 5.65. The molecule has 94 valence electrons. The predicted octanol–water partition coefficient (Wildman–Crippen LogP) is 2.76. The van der Waals surface area contributed by atoms with Gasteiger partial charge in [0.1, 0.15) is 0 Å². The molecular weight excluding hydrogens is 232 g/mol. The molecule has 1 fully saturated rings. The molecule has 0 spiro atoms. The summed E-state index contributed by atoms with van der Waals surface area (Å²) < 4.78 is 0. The largest absolute Gasteiger partial charge is 0.330 e. The Hall–Kier alpha value is -0.870. The Bertz CT molecular complexity index is 381. The van der Waals surface area contributed by atoms with Crippen LogP contribution in [0.1, 0.15) is 31.2 Å². The second-order valence-electron chi connectivity index (χ2n) is 4.88. The van der Waals surface area contributed by atoms with Crippen molar-refractivity contribution in [2.75, 3.05) is 11.9 Å². The van der Waals surface area contributed by atoms with Crippen molar-refractivity contribution in [3.8, 4) is 0 Å². The molecule has 4 heteroatoms. The molecule has 17 heavy (non-hydrogen) atoms. The molecule has 2 rings (SSSR count). The van der Waals surface area contributed by atoms with E-state index in [0.717, 1.165) is 42.8 Å². The number of hydrogen-bond donors (Lipinski definition) is 2. The van der Waals surface area contributed by atoms with Gasteiger partial charge in [-0.25, -0.2) is 0 Å². The molecule has 3 nitrogen and oxygen atoms in total. The van der Waals surface area contributed by atoms with Crippen LogP contribution in [0.15, 0.2) is 11.4 Å². The maximum absolute atomic E-state index is 12.1. The van der Waals surface area contributed by atoms with E-state index in [1.807, 2.05) is 18.4 Å². The number of aryl methyl sites for hydroxylation is 1. The summed E-state index contributed by atoms with van der Waals surface area (Å²) in [4.78, 5) is 12.1. The fourth-order valence-electron chi connectivity index (χ4n) is 2.38. The highest BCUT2D eigenvalue weighted by atomic mass is 32.1. The fourth-order valence-corrected chi connectivity index (χ4v) is 3.20. The lowest BCUT2D eigenvalue weighted by molar-refractivity contribution is -0.121. The molecule has 0 saturated heterocycles. The van der Waals surface area contributed by atoms with Crippen LogP contribution in [-0.4, -0.2) is 12.5 Å². The molecule has 0 radical (unpaired) electrons. The standard InChI is InChI=1S/C13H20N2OS/c1-9-6-7-17-13(9)15-12(16)11-4-2-10(8-14)3-5-11/h6-7,10-11H,2-5,8,14H2,1H3,(H,15,16). The molecule has 0 unspecified atom stereocenters. The van der Waals surface area contributed by atoms with Gasteiger partial charge in [0.25, 0.3) is 0 Å². The Morgan fingerprint density at radius 2 is 2.18 bits per heavy atom. The lowest BCUT2D eigenvalue weighted by Gasteiger charge is -2.26. The van der Waals surface area contributed by atoms with Crippen molar-refractivity contribution in [1.82, 2.24) is 0 Å². The molecule has 1 saturated carbocycles. The van der Waals surface area contributed by atoms with Gasteiger partial charge in [0.15, 0.2) is 0 Å². The van der Waals surface area contributed by atoms with Gasteiger partial charge in [-0.1, -0.05) is 0 Å². The van der Waals surface area contributed by atoms with E-state index in [2.05, 4.69) is 5.32 Å². The summed E-state index contributed by atoms with van der Waals surface area (Å²) >= 11 is 1.59. The molecular formula is C13H20N2OS. The van der Waals surface area contributed by atoms with Gasteiger partial charge in [0, 0.05) is 5.92 Å². The van der Waals surface area contributed by atoms with E-state index in [1.54, 1.807) is 11.3 Å². The average Bonchev–Trinajstić information content (AvgIpc) is 2.75. The highest BCUT2D eigenvalue weighted by Gasteiger charge is 2.25. The first kappa shape index (κ1) is 12.6. The Morgan fingerprint density at radius 3 is 2.71 bits per heavy atom. The van der Waals surface area contributed by atoms with Crippen molar-refractivity contribution in [1.29, 1.82) is 0 Å². The van der Waals surface area contributed by atoms with E-state index in [1.165, 1.54) is 0 Å². The van der Waals surface area contributed by atoms with Gasteiger partial charge in [-0.05, 0) is 62.1 Å². The maximum Gasteiger partial charge on any atom is 0.228 e. The minimum absolute atomic E-state index is 0.180. The van der Waals surface area contributed by atoms with E-state index in [9.17, 15) is 4.79 Å². The van der Waals surface area contributed by atoms with Gasteiger partial charge < -0.3 is 11.1 Å². The van der Waals surface area contributed by atoms with E-state index >= 15 is 0 Å². The van der Waals surface area contributed by atoms with Crippen LogP contribution in [-0.2, 0) is 4.79 Å². The molecule has 1 aromatic rings. The molecule has 1 heterocycles. The van der Waals surface area contributed by atoms with E-state index in [-0.39, 0.29) is 11.8 Å². The molecule has 1 aliphatic rings. The average molecular weight is 252 g/mol. The minimum atomic E-state index is 0.180. The van der Waals surface area contributed by atoms with Crippen molar-refractivity contribution in [2.24, 2.45) is 17.6 Å². The zero-order valence-corrected chi connectivity index (χ0v) is 11.1. The molecule has 3 N–H and O–H groups in total. The zero-order chi connectivity index (χ0) is 12.3. The Kier molecular flexibility index (Phi) is 4.18. The van der Waals surface area contributed by atoms with Crippen LogP contribution in [0.2, 0.25) is 0 Å². The summed E-state index contributed by atoms with van der Waals surface area (Å²) in [6, 6.07) is 2.03. The summed E-state index contributed by atoms with van der Waals surface area (Å²) in [7, 11) is 0.